The monoisotopic (exact) mass is 232 g/mol. The SMILES string of the molecule is CC(=O)C(O)C(C)=O.COC(=O)CC(C)=O. The molecule has 0 amide bonds. The van der Waals surface area contributed by atoms with Gasteiger partial charge in [-0.25, -0.2) is 0 Å². The molecule has 0 unspecified atom stereocenters. The number of Topliss-reactive ketones (excluding diaryl/α,β-unsaturated/α-hetero) is 3. The average molecular weight is 232 g/mol. The number of rotatable bonds is 4. The summed E-state index contributed by atoms with van der Waals surface area (Å²) in [5.74, 6) is -1.65. The Morgan fingerprint density at radius 2 is 1.44 bits per heavy atom. The van der Waals surface area contributed by atoms with E-state index in [1.165, 1.54) is 27.9 Å². The van der Waals surface area contributed by atoms with E-state index in [1.54, 1.807) is 0 Å². The van der Waals surface area contributed by atoms with Crippen LogP contribution in [0.1, 0.15) is 27.2 Å². The van der Waals surface area contributed by atoms with Crippen molar-refractivity contribution in [1.29, 1.82) is 0 Å². The molecule has 16 heavy (non-hydrogen) atoms. The summed E-state index contributed by atoms with van der Waals surface area (Å²) in [5.41, 5.74) is 0. The third-order valence-corrected chi connectivity index (χ3v) is 1.39. The molecule has 0 aromatic heterocycles. The second-order valence-electron chi connectivity index (χ2n) is 3.08. The first-order valence-electron chi connectivity index (χ1n) is 4.47. The van der Waals surface area contributed by atoms with Crippen LogP contribution < -0.4 is 0 Å². The summed E-state index contributed by atoms with van der Waals surface area (Å²) in [4.78, 5) is 40.5. The van der Waals surface area contributed by atoms with Gasteiger partial charge < -0.3 is 9.84 Å². The van der Waals surface area contributed by atoms with Crippen LogP contribution in [-0.4, -0.2) is 41.6 Å². The molecule has 0 atom stereocenters. The number of hydrogen-bond donors (Lipinski definition) is 1. The lowest BCUT2D eigenvalue weighted by Gasteiger charge is -1.97. The number of ether oxygens (including phenoxy) is 1. The standard InChI is InChI=1S/2C5H8O3/c1-4(6)3-5(7)8-2;1-3(6)5(8)4(2)7/h3H2,1-2H3;5,8H,1-2H3. The van der Waals surface area contributed by atoms with E-state index in [0.717, 1.165) is 0 Å². The molecule has 0 aliphatic heterocycles. The molecule has 1 N–H and O–H groups in total. The highest BCUT2D eigenvalue weighted by Gasteiger charge is 2.13. The largest absolute Gasteiger partial charge is 0.469 e. The quantitative estimate of drug-likeness (QED) is 0.526. The lowest BCUT2D eigenvalue weighted by Crippen LogP contribution is -2.24. The molecule has 0 rings (SSSR count). The Hall–Kier alpha value is -1.56. The fourth-order valence-electron chi connectivity index (χ4n) is 0.562. The van der Waals surface area contributed by atoms with E-state index in [-0.39, 0.29) is 12.2 Å². The van der Waals surface area contributed by atoms with E-state index in [9.17, 15) is 19.2 Å². The molecule has 6 heteroatoms. The van der Waals surface area contributed by atoms with Crippen LogP contribution in [-0.2, 0) is 23.9 Å². The number of methoxy groups -OCH3 is 1. The zero-order valence-electron chi connectivity index (χ0n) is 9.77. The number of ketones is 3. The van der Waals surface area contributed by atoms with Gasteiger partial charge in [0.25, 0.3) is 0 Å². The molecular formula is C10H16O6. The van der Waals surface area contributed by atoms with Crippen molar-refractivity contribution in [3.05, 3.63) is 0 Å². The molecule has 0 heterocycles. The Morgan fingerprint density at radius 1 is 1.06 bits per heavy atom. The topological polar surface area (TPSA) is 97.7 Å². The summed E-state index contributed by atoms with van der Waals surface area (Å²) in [5, 5.41) is 8.50. The molecule has 0 spiro atoms. The highest BCUT2D eigenvalue weighted by Crippen LogP contribution is 1.84. The molecule has 6 nitrogen and oxygen atoms in total. The van der Waals surface area contributed by atoms with Crippen LogP contribution in [0.15, 0.2) is 0 Å². The third-order valence-electron chi connectivity index (χ3n) is 1.39. The second kappa shape index (κ2) is 8.72. The summed E-state index contributed by atoms with van der Waals surface area (Å²) in [6, 6.07) is 0. The lowest BCUT2D eigenvalue weighted by molar-refractivity contribution is -0.143. The molecule has 0 saturated heterocycles. The van der Waals surface area contributed by atoms with E-state index >= 15 is 0 Å². The van der Waals surface area contributed by atoms with E-state index in [0.29, 0.717) is 0 Å². The first kappa shape index (κ1) is 16.9. The van der Waals surface area contributed by atoms with Crippen molar-refractivity contribution in [3.63, 3.8) is 0 Å². The molecule has 0 aromatic carbocycles. The van der Waals surface area contributed by atoms with Gasteiger partial charge in [0.2, 0.25) is 0 Å². The van der Waals surface area contributed by atoms with Gasteiger partial charge >= 0.3 is 5.97 Å². The zero-order valence-corrected chi connectivity index (χ0v) is 9.77. The van der Waals surface area contributed by atoms with Gasteiger partial charge in [0.05, 0.1) is 7.11 Å². The van der Waals surface area contributed by atoms with Crippen molar-refractivity contribution < 1.29 is 29.0 Å². The van der Waals surface area contributed by atoms with Crippen molar-refractivity contribution >= 4 is 23.3 Å². The number of aliphatic hydroxyl groups excluding tert-OH is 1. The molecule has 0 saturated carbocycles. The van der Waals surface area contributed by atoms with Crippen molar-refractivity contribution in [3.8, 4) is 0 Å². The maximum atomic E-state index is 10.2. The first-order chi connectivity index (χ1) is 7.22. The number of carbonyl (C=O) groups excluding carboxylic acids is 4. The third kappa shape index (κ3) is 10.5. The Bertz CT molecular complexity index is 264. The first-order valence-corrected chi connectivity index (χ1v) is 4.47. The molecule has 0 radical (unpaired) electrons. The lowest BCUT2D eigenvalue weighted by atomic mass is 10.2. The van der Waals surface area contributed by atoms with Gasteiger partial charge in [0.1, 0.15) is 12.2 Å². The van der Waals surface area contributed by atoms with Crippen LogP contribution in [0.3, 0.4) is 0 Å². The van der Waals surface area contributed by atoms with Crippen molar-refractivity contribution in [2.45, 2.75) is 33.3 Å². The Kier molecular flexibility index (Phi) is 9.19. The Labute approximate surface area is 93.6 Å². The van der Waals surface area contributed by atoms with Gasteiger partial charge in [-0.3, -0.25) is 19.2 Å². The molecule has 92 valence electrons. The Balaban J connectivity index is 0. The molecule has 0 aliphatic rings. The van der Waals surface area contributed by atoms with Crippen LogP contribution in [0.4, 0.5) is 0 Å². The van der Waals surface area contributed by atoms with Crippen LogP contribution in [0.2, 0.25) is 0 Å². The predicted molar refractivity (Wildman–Crippen MR) is 54.7 cm³/mol. The molecular weight excluding hydrogens is 216 g/mol. The van der Waals surface area contributed by atoms with Gasteiger partial charge in [-0.2, -0.15) is 0 Å². The minimum absolute atomic E-state index is 0.115. The number of aliphatic hydroxyl groups is 1. The molecule has 0 aliphatic carbocycles. The van der Waals surface area contributed by atoms with Crippen LogP contribution >= 0.6 is 0 Å². The molecule has 0 bridgehead atoms. The predicted octanol–water partition coefficient (Wildman–Crippen LogP) is -0.336. The van der Waals surface area contributed by atoms with Gasteiger partial charge in [-0.1, -0.05) is 0 Å². The minimum atomic E-state index is -1.41. The maximum absolute atomic E-state index is 10.2. The second-order valence-corrected chi connectivity index (χ2v) is 3.08. The van der Waals surface area contributed by atoms with Crippen molar-refractivity contribution in [2.24, 2.45) is 0 Å². The van der Waals surface area contributed by atoms with E-state index < -0.39 is 23.6 Å². The smallest absolute Gasteiger partial charge is 0.313 e. The zero-order chi connectivity index (χ0) is 13.3. The van der Waals surface area contributed by atoms with E-state index in [4.69, 9.17) is 5.11 Å². The number of carbonyl (C=O) groups is 4. The van der Waals surface area contributed by atoms with Crippen LogP contribution in [0, 0.1) is 0 Å². The van der Waals surface area contributed by atoms with E-state index in [2.05, 4.69) is 4.74 Å². The van der Waals surface area contributed by atoms with Gasteiger partial charge in [0.15, 0.2) is 17.7 Å². The highest BCUT2D eigenvalue weighted by atomic mass is 16.5. The maximum Gasteiger partial charge on any atom is 0.313 e. The van der Waals surface area contributed by atoms with Crippen LogP contribution in [0.5, 0.6) is 0 Å². The number of hydrogen-bond acceptors (Lipinski definition) is 6. The average Bonchev–Trinajstić information content (AvgIpc) is 2.16. The molecule has 0 fully saturated rings. The summed E-state index contributed by atoms with van der Waals surface area (Å²) in [6.07, 6.45) is -1.52. The van der Waals surface area contributed by atoms with Crippen molar-refractivity contribution in [1.82, 2.24) is 0 Å². The summed E-state index contributed by atoms with van der Waals surface area (Å²) in [7, 11) is 1.26. The fourth-order valence-corrected chi connectivity index (χ4v) is 0.562. The summed E-state index contributed by atoms with van der Waals surface area (Å²) < 4.78 is 4.20. The summed E-state index contributed by atoms with van der Waals surface area (Å²) >= 11 is 0. The van der Waals surface area contributed by atoms with Crippen molar-refractivity contribution in [2.75, 3.05) is 7.11 Å². The van der Waals surface area contributed by atoms with Crippen LogP contribution in [0.25, 0.3) is 0 Å². The highest BCUT2D eigenvalue weighted by molar-refractivity contribution is 6.02. The number of esters is 1. The molecule has 0 aromatic rings. The fraction of sp³-hybridized carbons (Fsp3) is 0.600. The van der Waals surface area contributed by atoms with Gasteiger partial charge in [-0.05, 0) is 20.8 Å². The van der Waals surface area contributed by atoms with E-state index in [1.807, 2.05) is 0 Å². The summed E-state index contributed by atoms with van der Waals surface area (Å²) in [6.45, 7) is 3.69. The van der Waals surface area contributed by atoms with Gasteiger partial charge in [-0.15, -0.1) is 0 Å². The Morgan fingerprint density at radius 3 is 1.50 bits per heavy atom. The minimum Gasteiger partial charge on any atom is -0.469 e. The van der Waals surface area contributed by atoms with Gasteiger partial charge in [0, 0.05) is 0 Å². The normalized spacial score (nSPS) is 8.88.